The number of ether oxygens (including phenoxy) is 1. The fourth-order valence-electron chi connectivity index (χ4n) is 8.67. The first kappa shape index (κ1) is 47.6. The van der Waals surface area contributed by atoms with Crippen LogP contribution in [-0.4, -0.2) is 71.9 Å². The first-order valence-corrected chi connectivity index (χ1v) is 24.8. The molecule has 346 valence electrons. The van der Waals surface area contributed by atoms with Gasteiger partial charge in [-0.05, 0) is 64.5 Å². The molecule has 0 unspecified atom stereocenters. The molecule has 68 heavy (non-hydrogen) atoms. The summed E-state index contributed by atoms with van der Waals surface area (Å²) >= 11 is 3.28. The van der Waals surface area contributed by atoms with Gasteiger partial charge in [0.25, 0.3) is 0 Å². The van der Waals surface area contributed by atoms with Crippen molar-refractivity contribution in [2.24, 2.45) is 0 Å². The van der Waals surface area contributed by atoms with E-state index in [1.807, 2.05) is 152 Å². The largest absolute Gasteiger partial charge is 0.456 e. The lowest BCUT2D eigenvalue weighted by atomic mass is 9.84. The normalized spacial score (nSPS) is 18.2. The van der Waals surface area contributed by atoms with Gasteiger partial charge in [-0.2, -0.15) is 0 Å². The SMILES string of the molecule is O=C1C[C@@H](/C=C/CCSC(c2ccccc2)(c2ccccc2)c2ccccc2)OC(=O)CNC(=O)C2(CC2)NC(=O)[C@@H](CSC(c2ccccc2)(c2ccccc2)c2ccccc2)NC(=O)CN1. The summed E-state index contributed by atoms with van der Waals surface area (Å²) in [5.74, 6) is -2.18. The smallest absolute Gasteiger partial charge is 0.326 e. The Bertz CT molecular complexity index is 2480. The predicted octanol–water partition coefficient (Wildman–Crippen LogP) is 8.06. The van der Waals surface area contributed by atoms with Gasteiger partial charge >= 0.3 is 5.97 Å². The second kappa shape index (κ2) is 22.3. The molecule has 6 aromatic rings. The highest BCUT2D eigenvalue weighted by atomic mass is 32.2. The van der Waals surface area contributed by atoms with Crippen LogP contribution >= 0.6 is 23.5 Å². The molecule has 12 heteroatoms. The number of hydrogen-bond acceptors (Lipinski definition) is 8. The van der Waals surface area contributed by atoms with Crippen LogP contribution in [0.3, 0.4) is 0 Å². The van der Waals surface area contributed by atoms with E-state index in [0.29, 0.717) is 25.0 Å². The molecule has 2 aliphatic rings. The zero-order chi connectivity index (χ0) is 47.2. The Labute approximate surface area is 406 Å². The van der Waals surface area contributed by atoms with Crippen molar-refractivity contribution in [2.75, 3.05) is 24.6 Å². The summed E-state index contributed by atoms with van der Waals surface area (Å²) in [5, 5.41) is 11.1. The van der Waals surface area contributed by atoms with E-state index in [2.05, 4.69) is 57.7 Å². The molecule has 0 aromatic heterocycles. The van der Waals surface area contributed by atoms with Crippen molar-refractivity contribution in [2.45, 2.75) is 52.9 Å². The van der Waals surface area contributed by atoms with Crippen molar-refractivity contribution in [3.63, 3.8) is 0 Å². The lowest BCUT2D eigenvalue weighted by Gasteiger charge is -2.36. The van der Waals surface area contributed by atoms with Crippen LogP contribution in [0.1, 0.15) is 59.1 Å². The fourth-order valence-corrected chi connectivity index (χ4v) is 11.7. The minimum Gasteiger partial charge on any atom is -0.456 e. The maximum atomic E-state index is 14.3. The highest BCUT2D eigenvalue weighted by Gasteiger charge is 2.52. The van der Waals surface area contributed by atoms with Crippen molar-refractivity contribution in [1.82, 2.24) is 21.3 Å². The summed E-state index contributed by atoms with van der Waals surface area (Å²) in [6.45, 7) is -0.891. The van der Waals surface area contributed by atoms with Gasteiger partial charge in [-0.1, -0.05) is 188 Å². The average molecular weight is 943 g/mol. The van der Waals surface area contributed by atoms with Crippen LogP contribution in [0.5, 0.6) is 0 Å². The molecule has 1 heterocycles. The number of cyclic esters (lactones) is 1. The number of carbonyl (C=O) groups excluding carboxylic acids is 5. The second-order valence-corrected chi connectivity index (χ2v) is 19.4. The predicted molar refractivity (Wildman–Crippen MR) is 270 cm³/mol. The van der Waals surface area contributed by atoms with Gasteiger partial charge < -0.3 is 26.0 Å². The molecule has 1 aliphatic heterocycles. The fraction of sp³-hybridized carbons (Fsp3) is 0.232. The van der Waals surface area contributed by atoms with E-state index >= 15 is 0 Å². The number of amides is 4. The van der Waals surface area contributed by atoms with Crippen molar-refractivity contribution < 1.29 is 28.7 Å². The molecule has 0 radical (unpaired) electrons. The van der Waals surface area contributed by atoms with Crippen molar-refractivity contribution >= 4 is 53.1 Å². The third-order valence-electron chi connectivity index (χ3n) is 12.2. The molecular weight excluding hydrogens is 889 g/mol. The van der Waals surface area contributed by atoms with Gasteiger partial charge in [0.2, 0.25) is 23.6 Å². The summed E-state index contributed by atoms with van der Waals surface area (Å²) < 4.78 is 4.43. The summed E-state index contributed by atoms with van der Waals surface area (Å²) in [6.07, 6.45) is 3.62. The van der Waals surface area contributed by atoms with Gasteiger partial charge in [-0.15, -0.1) is 23.5 Å². The van der Waals surface area contributed by atoms with Gasteiger partial charge in [0, 0.05) is 5.75 Å². The maximum absolute atomic E-state index is 14.3. The van der Waals surface area contributed by atoms with Gasteiger partial charge in [0.1, 0.15) is 24.2 Å². The molecular formula is C56H54N4O6S2. The van der Waals surface area contributed by atoms with Crippen LogP contribution < -0.4 is 21.3 Å². The molecule has 10 nitrogen and oxygen atoms in total. The number of nitrogens with one attached hydrogen (secondary N) is 4. The van der Waals surface area contributed by atoms with Crippen LogP contribution in [-0.2, 0) is 38.2 Å². The second-order valence-electron chi connectivity index (χ2n) is 16.8. The molecule has 2 fully saturated rings. The zero-order valence-electron chi connectivity index (χ0n) is 37.6. The number of benzene rings is 6. The number of carbonyl (C=O) groups is 5. The third kappa shape index (κ3) is 11.1. The summed E-state index contributed by atoms with van der Waals surface area (Å²) in [4.78, 5) is 68.4. The number of esters is 1. The van der Waals surface area contributed by atoms with Crippen molar-refractivity contribution in [3.05, 3.63) is 228 Å². The van der Waals surface area contributed by atoms with E-state index in [1.54, 1.807) is 17.8 Å². The van der Waals surface area contributed by atoms with Gasteiger partial charge in [0.05, 0.1) is 22.5 Å². The average Bonchev–Trinajstić information content (AvgIpc) is 4.17. The van der Waals surface area contributed by atoms with Crippen LogP contribution in [0.25, 0.3) is 0 Å². The van der Waals surface area contributed by atoms with Crippen LogP contribution in [0.4, 0.5) is 0 Å². The van der Waals surface area contributed by atoms with Gasteiger partial charge in [0.15, 0.2) is 0 Å². The lowest BCUT2D eigenvalue weighted by Crippen LogP contribution is -2.57. The Balaban J connectivity index is 0.995. The van der Waals surface area contributed by atoms with Crippen LogP contribution in [0.15, 0.2) is 194 Å². The molecule has 1 saturated carbocycles. The van der Waals surface area contributed by atoms with Crippen LogP contribution in [0.2, 0.25) is 0 Å². The van der Waals surface area contributed by atoms with E-state index in [1.165, 1.54) is 11.8 Å². The third-order valence-corrected chi connectivity index (χ3v) is 15.4. The maximum Gasteiger partial charge on any atom is 0.326 e. The monoisotopic (exact) mass is 942 g/mol. The molecule has 8 rings (SSSR count). The Kier molecular flexibility index (Phi) is 15.6. The zero-order valence-corrected chi connectivity index (χ0v) is 39.2. The quantitative estimate of drug-likeness (QED) is 0.0372. The lowest BCUT2D eigenvalue weighted by molar-refractivity contribution is -0.148. The number of thioether (sulfide) groups is 2. The van der Waals surface area contributed by atoms with Gasteiger partial charge in [-0.25, -0.2) is 0 Å². The van der Waals surface area contributed by atoms with Crippen molar-refractivity contribution in [1.29, 1.82) is 0 Å². The first-order chi connectivity index (χ1) is 33.2. The Morgan fingerprint density at radius 1 is 0.544 bits per heavy atom. The summed E-state index contributed by atoms with van der Waals surface area (Å²) in [7, 11) is 0. The molecule has 2 atom stereocenters. The molecule has 1 spiro atoms. The topological polar surface area (TPSA) is 143 Å². The Morgan fingerprint density at radius 2 is 0.971 bits per heavy atom. The van der Waals surface area contributed by atoms with E-state index in [4.69, 9.17) is 4.74 Å². The van der Waals surface area contributed by atoms with Crippen LogP contribution in [0, 0.1) is 0 Å². The molecule has 4 N–H and O–H groups in total. The molecule has 4 amide bonds. The molecule has 6 aromatic carbocycles. The number of allylic oxidation sites excluding steroid dienone is 1. The van der Waals surface area contributed by atoms with E-state index in [9.17, 15) is 24.0 Å². The van der Waals surface area contributed by atoms with Gasteiger partial charge in [-0.3, -0.25) is 24.0 Å². The highest BCUT2D eigenvalue weighted by Crippen LogP contribution is 2.50. The van der Waals surface area contributed by atoms with Crippen molar-refractivity contribution in [3.8, 4) is 0 Å². The number of rotatable bonds is 14. The highest BCUT2D eigenvalue weighted by molar-refractivity contribution is 8.00. The summed E-state index contributed by atoms with van der Waals surface area (Å²) in [5.41, 5.74) is 5.08. The molecule has 1 aliphatic carbocycles. The minimum absolute atomic E-state index is 0.0997. The molecule has 0 bridgehead atoms. The first-order valence-electron chi connectivity index (χ1n) is 22.9. The van der Waals surface area contributed by atoms with E-state index < -0.39 is 69.9 Å². The van der Waals surface area contributed by atoms with E-state index in [-0.39, 0.29) is 12.2 Å². The summed E-state index contributed by atoms with van der Waals surface area (Å²) in [6, 6.07) is 60.0. The standard InChI is InChI=1S/C56H54N4O6S2/c61-49-37-47(33-19-20-36-67-55(41-21-7-1-8-22-41,42-23-9-2-10-24-42)43-25-11-3-12-26-43)66-51(63)39-58-53(65)54(34-35-54)60-52(64)48(59-50(62)38-57-49)40-68-56(44-27-13-4-14-28-44,45-29-15-5-16-30-45)46-31-17-6-18-32-46/h1-19,21-33,47-48H,20,34-40H2,(H,57,61)(H,58,65)(H,59,62)(H,60,64)/b33-19+/t47-,48-/m1/s1. The molecule has 1 saturated heterocycles. The Morgan fingerprint density at radius 3 is 1.40 bits per heavy atom. The number of hydrogen-bond donors (Lipinski definition) is 4. The Hall–Kier alpha value is -6.89. The minimum atomic E-state index is -1.25. The van der Waals surface area contributed by atoms with E-state index in [0.717, 1.165) is 33.4 Å².